The molecule has 2 aromatic carbocycles. The van der Waals surface area contributed by atoms with E-state index in [0.717, 1.165) is 22.9 Å². The maximum Gasteiger partial charge on any atom is 0.373 e. The number of carbonyl (C=O) groups is 1. The zero-order valence-corrected chi connectivity index (χ0v) is 18.2. The fraction of sp³-hybridized carbons (Fsp3) is 0.200. The Bertz CT molecular complexity index is 970. The lowest BCUT2D eigenvalue weighted by Crippen LogP contribution is -2.11. The predicted molar refractivity (Wildman–Crippen MR) is 116 cm³/mol. The van der Waals surface area contributed by atoms with Crippen molar-refractivity contribution < 1.29 is 9.53 Å². The largest absolute Gasteiger partial charge is 0.418 e. The van der Waals surface area contributed by atoms with Crippen LogP contribution in [0.1, 0.15) is 21.9 Å². The van der Waals surface area contributed by atoms with Gasteiger partial charge in [-0.3, -0.25) is 0 Å². The molecule has 1 aromatic heterocycles. The number of nitrogens with zero attached hydrogens (tertiary/aromatic N) is 2. The van der Waals surface area contributed by atoms with E-state index in [1.807, 2.05) is 36.7 Å². The SMILES string of the molecule is Cc1ccc(C(Cn2ccnc2)SC(=O)Oc2cc(Cl)c(Cl)c(Cl)c2)c(C)c1. The van der Waals surface area contributed by atoms with Gasteiger partial charge in [-0.1, -0.05) is 58.6 Å². The second-order valence-electron chi connectivity index (χ2n) is 6.28. The number of ether oxygens (including phenoxy) is 1. The van der Waals surface area contributed by atoms with E-state index < -0.39 is 5.30 Å². The number of benzene rings is 2. The summed E-state index contributed by atoms with van der Waals surface area (Å²) < 4.78 is 7.37. The first-order chi connectivity index (χ1) is 13.3. The molecule has 0 N–H and O–H groups in total. The molecule has 0 aliphatic heterocycles. The molecule has 0 amide bonds. The monoisotopic (exact) mass is 454 g/mol. The molecule has 0 saturated heterocycles. The van der Waals surface area contributed by atoms with Crippen LogP contribution in [0.2, 0.25) is 15.1 Å². The average molecular weight is 456 g/mol. The van der Waals surface area contributed by atoms with E-state index in [9.17, 15) is 4.79 Å². The normalized spacial score (nSPS) is 12.0. The number of carbonyl (C=O) groups excluding carboxylic acids is 1. The third-order valence-electron chi connectivity index (χ3n) is 4.11. The van der Waals surface area contributed by atoms with Crippen LogP contribution in [-0.4, -0.2) is 14.9 Å². The van der Waals surface area contributed by atoms with Crippen LogP contribution in [0.4, 0.5) is 4.79 Å². The Kier molecular flexibility index (Phi) is 6.94. The Balaban J connectivity index is 1.81. The molecule has 0 radical (unpaired) electrons. The number of imidazole rings is 1. The Morgan fingerprint density at radius 3 is 2.50 bits per heavy atom. The van der Waals surface area contributed by atoms with Gasteiger partial charge in [0.2, 0.25) is 0 Å². The van der Waals surface area contributed by atoms with Crippen LogP contribution in [0.25, 0.3) is 0 Å². The van der Waals surface area contributed by atoms with Gasteiger partial charge in [-0.15, -0.1) is 0 Å². The van der Waals surface area contributed by atoms with Crippen LogP contribution >= 0.6 is 46.6 Å². The molecule has 28 heavy (non-hydrogen) atoms. The molecule has 0 aliphatic carbocycles. The molecule has 0 bridgehead atoms. The fourth-order valence-corrected chi connectivity index (χ4v) is 4.39. The van der Waals surface area contributed by atoms with Gasteiger partial charge in [0.1, 0.15) is 5.75 Å². The quantitative estimate of drug-likeness (QED) is 0.303. The molecule has 146 valence electrons. The summed E-state index contributed by atoms with van der Waals surface area (Å²) in [7, 11) is 0. The fourth-order valence-electron chi connectivity index (χ4n) is 2.80. The highest BCUT2D eigenvalue weighted by Crippen LogP contribution is 2.37. The molecular formula is C20H17Cl3N2O2S. The van der Waals surface area contributed by atoms with Crippen LogP contribution in [-0.2, 0) is 6.54 Å². The molecular weight excluding hydrogens is 439 g/mol. The molecule has 1 atom stereocenters. The minimum absolute atomic E-state index is 0.152. The summed E-state index contributed by atoms with van der Waals surface area (Å²) >= 11 is 19.1. The maximum absolute atomic E-state index is 12.6. The molecule has 0 spiro atoms. The summed E-state index contributed by atoms with van der Waals surface area (Å²) in [5.41, 5.74) is 3.34. The lowest BCUT2D eigenvalue weighted by molar-refractivity contribution is 0.227. The van der Waals surface area contributed by atoms with Gasteiger partial charge in [-0.2, -0.15) is 0 Å². The first-order valence-corrected chi connectivity index (χ1v) is 10.4. The van der Waals surface area contributed by atoms with Gasteiger partial charge >= 0.3 is 5.30 Å². The summed E-state index contributed by atoms with van der Waals surface area (Å²) in [5.74, 6) is 0.249. The minimum Gasteiger partial charge on any atom is -0.418 e. The number of thioether (sulfide) groups is 1. The van der Waals surface area contributed by atoms with Gasteiger partial charge in [-0.25, -0.2) is 9.78 Å². The van der Waals surface area contributed by atoms with Gasteiger partial charge in [0.05, 0.1) is 26.6 Å². The summed E-state index contributed by atoms with van der Waals surface area (Å²) in [6, 6.07) is 9.11. The second-order valence-corrected chi connectivity index (χ2v) is 8.61. The Morgan fingerprint density at radius 2 is 1.89 bits per heavy atom. The molecule has 1 unspecified atom stereocenters. The number of hydrogen-bond donors (Lipinski definition) is 0. The highest BCUT2D eigenvalue weighted by Gasteiger charge is 2.21. The number of rotatable bonds is 5. The highest BCUT2D eigenvalue weighted by atomic mass is 35.5. The third kappa shape index (κ3) is 5.23. The standard InChI is InChI=1S/C20H17Cl3N2O2S/c1-12-3-4-15(13(2)7-12)18(10-25-6-5-24-11-25)28-20(26)27-14-8-16(21)19(23)17(22)9-14/h3-9,11,18H,10H2,1-2H3. The van der Waals surface area contributed by atoms with Crippen LogP contribution in [0.5, 0.6) is 5.75 Å². The predicted octanol–water partition coefficient (Wildman–Crippen LogP) is 7.13. The maximum atomic E-state index is 12.6. The van der Waals surface area contributed by atoms with E-state index in [1.165, 1.54) is 17.7 Å². The minimum atomic E-state index is -0.459. The summed E-state index contributed by atoms with van der Waals surface area (Å²) in [4.78, 5) is 16.7. The van der Waals surface area contributed by atoms with Crippen molar-refractivity contribution in [3.63, 3.8) is 0 Å². The van der Waals surface area contributed by atoms with E-state index >= 15 is 0 Å². The zero-order chi connectivity index (χ0) is 20.3. The number of hydrogen-bond acceptors (Lipinski definition) is 4. The van der Waals surface area contributed by atoms with Crippen molar-refractivity contribution in [2.45, 2.75) is 25.6 Å². The van der Waals surface area contributed by atoms with Gasteiger partial charge in [0, 0.05) is 31.1 Å². The number of aryl methyl sites for hydroxylation is 2. The van der Waals surface area contributed by atoms with Crippen LogP contribution < -0.4 is 4.74 Å². The smallest absolute Gasteiger partial charge is 0.373 e. The lowest BCUT2D eigenvalue weighted by Gasteiger charge is -2.19. The number of aromatic nitrogens is 2. The molecule has 0 fully saturated rings. The van der Waals surface area contributed by atoms with Crippen molar-refractivity contribution in [1.82, 2.24) is 9.55 Å². The molecule has 4 nitrogen and oxygen atoms in total. The van der Waals surface area contributed by atoms with Gasteiger partial charge in [-0.05, 0) is 36.7 Å². The molecule has 3 rings (SSSR count). The number of halogens is 3. The zero-order valence-electron chi connectivity index (χ0n) is 15.2. The van der Waals surface area contributed by atoms with Gasteiger partial charge < -0.3 is 9.30 Å². The lowest BCUT2D eigenvalue weighted by atomic mass is 10.0. The van der Waals surface area contributed by atoms with Crippen LogP contribution in [0, 0.1) is 13.8 Å². The molecule has 1 heterocycles. The highest BCUT2D eigenvalue weighted by molar-refractivity contribution is 8.13. The van der Waals surface area contributed by atoms with Crippen molar-refractivity contribution >= 4 is 51.9 Å². The average Bonchev–Trinajstić information content (AvgIpc) is 3.12. The van der Waals surface area contributed by atoms with E-state index in [2.05, 4.69) is 11.1 Å². The Hall–Kier alpha value is -1.66. The molecule has 0 aliphatic rings. The van der Waals surface area contributed by atoms with E-state index in [-0.39, 0.29) is 26.1 Å². The van der Waals surface area contributed by atoms with Crippen molar-refractivity contribution in [2.24, 2.45) is 0 Å². The van der Waals surface area contributed by atoms with Gasteiger partial charge in [0.15, 0.2) is 0 Å². The van der Waals surface area contributed by atoms with Crippen molar-refractivity contribution in [2.75, 3.05) is 0 Å². The molecule has 3 aromatic rings. The van der Waals surface area contributed by atoms with Crippen LogP contribution in [0.3, 0.4) is 0 Å². The second kappa shape index (κ2) is 9.23. The van der Waals surface area contributed by atoms with E-state index in [4.69, 9.17) is 39.5 Å². The van der Waals surface area contributed by atoms with Crippen molar-refractivity contribution in [1.29, 1.82) is 0 Å². The molecule has 8 heteroatoms. The van der Waals surface area contributed by atoms with E-state index in [1.54, 1.807) is 12.5 Å². The van der Waals surface area contributed by atoms with Gasteiger partial charge in [0.25, 0.3) is 0 Å². The first kappa shape index (κ1) is 21.1. The van der Waals surface area contributed by atoms with Crippen molar-refractivity contribution in [3.8, 4) is 5.75 Å². The van der Waals surface area contributed by atoms with Crippen LogP contribution in [0.15, 0.2) is 49.1 Å². The topological polar surface area (TPSA) is 44.1 Å². The summed E-state index contributed by atoms with van der Waals surface area (Å²) in [5, 5.41) is 0.0711. The Labute approximate surface area is 182 Å². The third-order valence-corrected chi connectivity index (χ3v) is 6.27. The van der Waals surface area contributed by atoms with Crippen molar-refractivity contribution in [3.05, 3.63) is 80.8 Å². The summed E-state index contributed by atoms with van der Waals surface area (Å²) in [6.07, 6.45) is 5.29. The Morgan fingerprint density at radius 1 is 1.18 bits per heavy atom. The van der Waals surface area contributed by atoms with E-state index in [0.29, 0.717) is 6.54 Å². The molecule has 0 saturated carbocycles. The summed E-state index contributed by atoms with van der Waals surface area (Å²) in [6.45, 7) is 4.65. The first-order valence-electron chi connectivity index (χ1n) is 8.39.